The van der Waals surface area contributed by atoms with Gasteiger partial charge in [-0.25, -0.2) is 8.78 Å². The summed E-state index contributed by atoms with van der Waals surface area (Å²) in [7, 11) is 1.65. The third-order valence-corrected chi connectivity index (χ3v) is 5.11. The standard InChI is InChI=1S/C22H20F2N4O2/c1-13(29)25-20-5-3-4-14-11-28(9-8-16(14)20)22(30)18-12-27(2)26-21(18)17-7-6-15(23)10-19(17)24/h3-7,10,12H,8-9,11H2,1-2H3,(H,25,29). The van der Waals surface area contributed by atoms with Crippen LogP contribution in [0.3, 0.4) is 0 Å². The Bertz CT molecular complexity index is 1160. The Morgan fingerprint density at radius 2 is 1.97 bits per heavy atom. The topological polar surface area (TPSA) is 67.2 Å². The van der Waals surface area contributed by atoms with Crippen LogP contribution >= 0.6 is 0 Å². The SMILES string of the molecule is CC(=O)Nc1cccc2c1CCN(C(=O)c1cn(C)nc1-c1ccc(F)cc1F)C2. The van der Waals surface area contributed by atoms with Crippen molar-refractivity contribution in [2.75, 3.05) is 11.9 Å². The van der Waals surface area contributed by atoms with Crippen molar-refractivity contribution in [3.05, 3.63) is 70.9 Å². The van der Waals surface area contributed by atoms with Gasteiger partial charge in [-0.2, -0.15) is 5.10 Å². The summed E-state index contributed by atoms with van der Waals surface area (Å²) in [4.78, 5) is 26.4. The number of fused-ring (bicyclic) bond motifs is 1. The number of rotatable bonds is 3. The van der Waals surface area contributed by atoms with Gasteiger partial charge in [0.25, 0.3) is 5.91 Å². The van der Waals surface area contributed by atoms with Crippen molar-refractivity contribution in [1.82, 2.24) is 14.7 Å². The number of anilines is 1. The number of benzene rings is 2. The first-order valence-electron chi connectivity index (χ1n) is 9.50. The number of carbonyl (C=O) groups is 2. The summed E-state index contributed by atoms with van der Waals surface area (Å²) in [5, 5.41) is 7.06. The van der Waals surface area contributed by atoms with Gasteiger partial charge in [0.1, 0.15) is 17.3 Å². The second-order valence-corrected chi connectivity index (χ2v) is 7.29. The van der Waals surface area contributed by atoms with Crippen molar-refractivity contribution in [3.8, 4) is 11.3 Å². The zero-order valence-electron chi connectivity index (χ0n) is 16.6. The van der Waals surface area contributed by atoms with Crippen LogP contribution in [0.15, 0.2) is 42.6 Å². The lowest BCUT2D eigenvalue weighted by molar-refractivity contribution is -0.114. The molecule has 1 aliphatic heterocycles. The number of hydrogen-bond donors (Lipinski definition) is 1. The van der Waals surface area contributed by atoms with E-state index >= 15 is 0 Å². The van der Waals surface area contributed by atoms with E-state index in [4.69, 9.17) is 0 Å². The molecule has 0 unspecified atom stereocenters. The van der Waals surface area contributed by atoms with Crippen LogP contribution in [0.2, 0.25) is 0 Å². The highest BCUT2D eigenvalue weighted by molar-refractivity contribution is 6.00. The lowest BCUT2D eigenvalue weighted by Crippen LogP contribution is -2.36. The van der Waals surface area contributed by atoms with Crippen LogP contribution in [0.5, 0.6) is 0 Å². The van der Waals surface area contributed by atoms with E-state index in [0.717, 1.165) is 28.9 Å². The van der Waals surface area contributed by atoms with Crippen LogP contribution in [-0.2, 0) is 24.8 Å². The molecule has 0 radical (unpaired) electrons. The molecule has 0 fully saturated rings. The van der Waals surface area contributed by atoms with Crippen LogP contribution in [0.25, 0.3) is 11.3 Å². The van der Waals surface area contributed by atoms with Gasteiger partial charge in [-0.3, -0.25) is 14.3 Å². The zero-order chi connectivity index (χ0) is 21.4. The summed E-state index contributed by atoms with van der Waals surface area (Å²) >= 11 is 0. The van der Waals surface area contributed by atoms with Crippen molar-refractivity contribution >= 4 is 17.5 Å². The minimum absolute atomic E-state index is 0.0747. The highest BCUT2D eigenvalue weighted by atomic mass is 19.1. The Morgan fingerprint density at radius 1 is 1.17 bits per heavy atom. The molecule has 1 aliphatic rings. The molecule has 3 aromatic rings. The highest BCUT2D eigenvalue weighted by Crippen LogP contribution is 2.30. The van der Waals surface area contributed by atoms with E-state index in [2.05, 4.69) is 10.4 Å². The second-order valence-electron chi connectivity index (χ2n) is 7.29. The molecule has 30 heavy (non-hydrogen) atoms. The van der Waals surface area contributed by atoms with E-state index in [1.165, 1.54) is 17.7 Å². The number of halogens is 2. The maximum absolute atomic E-state index is 14.3. The van der Waals surface area contributed by atoms with Crippen LogP contribution in [0.1, 0.15) is 28.4 Å². The number of hydrogen-bond acceptors (Lipinski definition) is 3. The molecule has 2 heterocycles. The van der Waals surface area contributed by atoms with E-state index in [1.54, 1.807) is 18.1 Å². The molecule has 0 spiro atoms. The first-order valence-corrected chi connectivity index (χ1v) is 9.50. The van der Waals surface area contributed by atoms with E-state index in [0.29, 0.717) is 19.5 Å². The van der Waals surface area contributed by atoms with Crippen LogP contribution in [-0.4, -0.2) is 33.0 Å². The fourth-order valence-corrected chi connectivity index (χ4v) is 3.79. The lowest BCUT2D eigenvalue weighted by Gasteiger charge is -2.30. The van der Waals surface area contributed by atoms with Gasteiger partial charge in [0.2, 0.25) is 5.91 Å². The van der Waals surface area contributed by atoms with Gasteiger partial charge < -0.3 is 10.2 Å². The van der Waals surface area contributed by atoms with Crippen LogP contribution in [0, 0.1) is 11.6 Å². The van der Waals surface area contributed by atoms with Crippen molar-refractivity contribution < 1.29 is 18.4 Å². The van der Waals surface area contributed by atoms with Gasteiger partial charge in [0.15, 0.2) is 0 Å². The molecule has 2 amide bonds. The minimum atomic E-state index is -0.772. The summed E-state index contributed by atoms with van der Waals surface area (Å²) in [6, 6.07) is 8.80. The van der Waals surface area contributed by atoms with Gasteiger partial charge >= 0.3 is 0 Å². The third-order valence-electron chi connectivity index (χ3n) is 5.11. The molecular weight excluding hydrogens is 390 g/mol. The van der Waals surface area contributed by atoms with E-state index in [1.807, 2.05) is 18.2 Å². The summed E-state index contributed by atoms with van der Waals surface area (Å²) in [5.74, 6) is -1.89. The Hall–Kier alpha value is -3.55. The van der Waals surface area contributed by atoms with Gasteiger partial charge in [0.05, 0.1) is 5.56 Å². The first-order chi connectivity index (χ1) is 14.3. The summed E-state index contributed by atoms with van der Waals surface area (Å²) in [6.45, 7) is 2.26. The van der Waals surface area contributed by atoms with Gasteiger partial charge in [-0.15, -0.1) is 0 Å². The number of nitrogens with one attached hydrogen (secondary N) is 1. The quantitative estimate of drug-likeness (QED) is 0.719. The predicted molar refractivity (Wildman–Crippen MR) is 108 cm³/mol. The Morgan fingerprint density at radius 3 is 2.70 bits per heavy atom. The van der Waals surface area contributed by atoms with Gasteiger partial charge in [-0.05, 0) is 35.7 Å². The number of aromatic nitrogens is 2. The molecule has 4 rings (SSSR count). The smallest absolute Gasteiger partial charge is 0.258 e. The average Bonchev–Trinajstić information content (AvgIpc) is 3.08. The molecule has 154 valence electrons. The van der Waals surface area contributed by atoms with Crippen molar-refractivity contribution in [1.29, 1.82) is 0 Å². The Labute approximate surface area is 172 Å². The van der Waals surface area contributed by atoms with Crippen molar-refractivity contribution in [2.45, 2.75) is 19.9 Å². The minimum Gasteiger partial charge on any atom is -0.334 e. The molecule has 0 atom stereocenters. The number of amides is 2. The molecule has 1 N–H and O–H groups in total. The van der Waals surface area contributed by atoms with Gasteiger partial charge in [-0.1, -0.05) is 12.1 Å². The molecular formula is C22H20F2N4O2. The molecule has 2 aromatic carbocycles. The highest BCUT2D eigenvalue weighted by Gasteiger charge is 2.28. The third kappa shape index (κ3) is 3.68. The maximum atomic E-state index is 14.3. The molecule has 0 aliphatic carbocycles. The molecule has 6 nitrogen and oxygen atoms in total. The first kappa shape index (κ1) is 19.8. The van der Waals surface area contributed by atoms with E-state index in [-0.39, 0.29) is 28.6 Å². The fourth-order valence-electron chi connectivity index (χ4n) is 3.79. The largest absolute Gasteiger partial charge is 0.334 e. The predicted octanol–water partition coefficient (Wildman–Crippen LogP) is 3.52. The number of carbonyl (C=O) groups excluding carboxylic acids is 2. The monoisotopic (exact) mass is 410 g/mol. The molecule has 0 bridgehead atoms. The Balaban J connectivity index is 1.65. The zero-order valence-corrected chi connectivity index (χ0v) is 16.6. The fraction of sp³-hybridized carbons (Fsp3) is 0.227. The van der Waals surface area contributed by atoms with Crippen LogP contribution < -0.4 is 5.32 Å². The molecule has 8 heteroatoms. The average molecular weight is 410 g/mol. The number of aryl methyl sites for hydroxylation is 1. The normalized spacial score (nSPS) is 13.1. The summed E-state index contributed by atoms with van der Waals surface area (Å²) in [6.07, 6.45) is 2.13. The van der Waals surface area contributed by atoms with E-state index in [9.17, 15) is 18.4 Å². The van der Waals surface area contributed by atoms with Crippen molar-refractivity contribution in [3.63, 3.8) is 0 Å². The molecule has 1 aromatic heterocycles. The van der Waals surface area contributed by atoms with E-state index < -0.39 is 11.6 Å². The molecule has 0 saturated heterocycles. The summed E-state index contributed by atoms with van der Waals surface area (Å²) in [5.41, 5.74) is 3.21. The van der Waals surface area contributed by atoms with Crippen LogP contribution in [0.4, 0.5) is 14.5 Å². The van der Waals surface area contributed by atoms with Gasteiger partial charge in [0, 0.05) is 50.6 Å². The number of nitrogens with zero attached hydrogens (tertiary/aromatic N) is 3. The maximum Gasteiger partial charge on any atom is 0.258 e. The van der Waals surface area contributed by atoms with Crippen molar-refractivity contribution in [2.24, 2.45) is 7.05 Å². The molecule has 0 saturated carbocycles. The summed E-state index contributed by atoms with van der Waals surface area (Å²) < 4.78 is 29.1. The Kier molecular flexibility index (Phi) is 5.07. The second kappa shape index (κ2) is 7.70. The lowest BCUT2D eigenvalue weighted by atomic mass is 9.96.